The molecule has 2 aromatic heterocycles. The first-order valence-corrected chi connectivity index (χ1v) is 16.7. The van der Waals surface area contributed by atoms with Crippen LogP contribution in [0.15, 0.2) is 198 Å². The third-order valence-corrected chi connectivity index (χ3v) is 9.45. The molecule has 0 saturated carbocycles. The molecule has 240 valence electrons. The standard InChI is InChI=1S/C48H32N2O/c1-3-11-33(12-4-1)35-19-23-37(24-20-35)49(38-25-21-36(22-26-38)34-13-5-2-6-14-34)40-27-29-43-44-31-39(28-30-47(44)51-48(43)32-40)50-45-17-9-7-15-41(45)42-16-8-10-18-46(42)50/h1-32H/i7D,8D,9D,10D,15D,16D,17D,18D. The molecule has 8 aromatic carbocycles. The number of fused-ring (bicyclic) bond motifs is 6. The fourth-order valence-electron chi connectivity index (χ4n) is 7.03. The quantitative estimate of drug-likeness (QED) is 0.177. The molecule has 0 aliphatic carbocycles. The minimum absolute atomic E-state index is 0.0356. The molecule has 2 heterocycles. The van der Waals surface area contributed by atoms with Crippen LogP contribution in [0.3, 0.4) is 0 Å². The van der Waals surface area contributed by atoms with E-state index in [4.69, 9.17) is 15.4 Å². The second kappa shape index (κ2) is 11.9. The van der Waals surface area contributed by atoms with Gasteiger partial charge in [0.15, 0.2) is 0 Å². The monoisotopic (exact) mass is 660 g/mol. The molecule has 3 nitrogen and oxygen atoms in total. The number of hydrogen-bond acceptors (Lipinski definition) is 2. The Labute approximate surface area is 307 Å². The van der Waals surface area contributed by atoms with Crippen LogP contribution in [0.2, 0.25) is 0 Å². The first-order valence-electron chi connectivity index (χ1n) is 20.7. The lowest BCUT2D eigenvalue weighted by Gasteiger charge is -2.26. The van der Waals surface area contributed by atoms with Crippen LogP contribution in [-0.2, 0) is 0 Å². The second-order valence-corrected chi connectivity index (χ2v) is 12.4. The number of rotatable bonds is 6. The zero-order valence-corrected chi connectivity index (χ0v) is 27.2. The van der Waals surface area contributed by atoms with E-state index < -0.39 is 24.2 Å². The Morgan fingerprint density at radius 1 is 0.412 bits per heavy atom. The molecule has 0 amide bonds. The maximum absolute atomic E-state index is 8.93. The zero-order valence-electron chi connectivity index (χ0n) is 35.2. The van der Waals surface area contributed by atoms with Gasteiger partial charge in [0.2, 0.25) is 0 Å². The average Bonchev–Trinajstić information content (AvgIpc) is 3.83. The third kappa shape index (κ3) is 4.98. The molecule has 0 unspecified atom stereocenters. The van der Waals surface area contributed by atoms with Crippen LogP contribution in [-0.4, -0.2) is 4.57 Å². The summed E-state index contributed by atoms with van der Waals surface area (Å²) in [7, 11) is 0. The van der Waals surface area contributed by atoms with Crippen molar-refractivity contribution >= 4 is 60.8 Å². The number of nitrogens with zero attached hydrogens (tertiary/aromatic N) is 2. The maximum atomic E-state index is 8.93. The first-order chi connectivity index (χ1) is 28.6. The van der Waals surface area contributed by atoms with Crippen LogP contribution in [0, 0.1) is 0 Å². The molecule has 0 aliphatic rings. The SMILES string of the molecule is [2H]c1c([2H])c([2H])c2c(c1[2H])c1c([2H])c([2H])c([2H])c([2H])c1n2-c1ccc2oc3cc(N(c4ccc(-c5ccccc5)cc4)c4ccc(-c5ccccc5)cc4)ccc3c2c1. The molecule has 0 N–H and O–H groups in total. The zero-order chi connectivity index (χ0) is 40.7. The summed E-state index contributed by atoms with van der Waals surface area (Å²) in [5.74, 6) is 0. The summed E-state index contributed by atoms with van der Waals surface area (Å²) in [6.07, 6.45) is 0. The van der Waals surface area contributed by atoms with Crippen LogP contribution in [0.5, 0.6) is 0 Å². The Morgan fingerprint density at radius 3 is 1.49 bits per heavy atom. The van der Waals surface area contributed by atoms with E-state index in [0.29, 0.717) is 16.9 Å². The molecular weight excluding hydrogens is 621 g/mol. The topological polar surface area (TPSA) is 21.3 Å². The van der Waals surface area contributed by atoms with Gasteiger partial charge in [-0.25, -0.2) is 0 Å². The third-order valence-electron chi connectivity index (χ3n) is 9.45. The summed E-state index contributed by atoms with van der Waals surface area (Å²) < 4.78 is 77.2. The van der Waals surface area contributed by atoms with E-state index in [1.807, 2.05) is 60.7 Å². The smallest absolute Gasteiger partial charge is 0.137 e. The number of hydrogen-bond donors (Lipinski definition) is 0. The predicted octanol–water partition coefficient (Wildman–Crippen LogP) is 13.5. The van der Waals surface area contributed by atoms with Gasteiger partial charge in [-0.05, 0) is 88.9 Å². The van der Waals surface area contributed by atoms with E-state index in [2.05, 4.69) is 77.7 Å². The van der Waals surface area contributed by atoms with Gasteiger partial charge in [0.25, 0.3) is 0 Å². The average molecular weight is 661 g/mol. The van der Waals surface area contributed by atoms with Crippen molar-refractivity contribution in [2.75, 3.05) is 4.90 Å². The van der Waals surface area contributed by atoms with E-state index in [0.717, 1.165) is 50.1 Å². The molecule has 0 fully saturated rings. The van der Waals surface area contributed by atoms with Gasteiger partial charge in [0.05, 0.1) is 22.0 Å². The number of furan rings is 1. The van der Waals surface area contributed by atoms with Crippen molar-refractivity contribution in [3.8, 4) is 27.9 Å². The van der Waals surface area contributed by atoms with E-state index in [9.17, 15) is 0 Å². The van der Waals surface area contributed by atoms with Crippen LogP contribution in [0.4, 0.5) is 17.1 Å². The number of benzene rings is 8. The van der Waals surface area contributed by atoms with E-state index >= 15 is 0 Å². The van der Waals surface area contributed by atoms with Crippen LogP contribution >= 0.6 is 0 Å². The summed E-state index contributed by atoms with van der Waals surface area (Å²) in [5, 5.41) is 1.60. The van der Waals surface area contributed by atoms with E-state index in [-0.39, 0.29) is 46.0 Å². The van der Waals surface area contributed by atoms with Crippen molar-refractivity contribution in [1.29, 1.82) is 0 Å². The number of aromatic nitrogens is 1. The summed E-state index contributed by atoms with van der Waals surface area (Å²) in [5.41, 5.74) is 9.03. The second-order valence-electron chi connectivity index (χ2n) is 12.4. The molecule has 10 rings (SSSR count). The number of anilines is 3. The fraction of sp³-hybridized carbons (Fsp3) is 0. The van der Waals surface area contributed by atoms with Gasteiger partial charge in [-0.15, -0.1) is 0 Å². The molecule has 0 radical (unpaired) electrons. The predicted molar refractivity (Wildman–Crippen MR) is 214 cm³/mol. The highest BCUT2D eigenvalue weighted by Gasteiger charge is 2.18. The maximum Gasteiger partial charge on any atom is 0.137 e. The van der Waals surface area contributed by atoms with Gasteiger partial charge in [0.1, 0.15) is 11.2 Å². The Hall–Kier alpha value is -6.84. The van der Waals surface area contributed by atoms with Crippen molar-refractivity contribution in [1.82, 2.24) is 4.57 Å². The fourth-order valence-corrected chi connectivity index (χ4v) is 7.03. The Bertz CT molecular complexity index is 3130. The van der Waals surface area contributed by atoms with Crippen molar-refractivity contribution in [2.45, 2.75) is 0 Å². The minimum Gasteiger partial charge on any atom is -0.456 e. The number of para-hydroxylation sites is 2. The molecule has 0 aliphatic heterocycles. The van der Waals surface area contributed by atoms with Crippen molar-refractivity contribution < 1.29 is 15.4 Å². The highest BCUT2D eigenvalue weighted by atomic mass is 16.3. The molecule has 0 spiro atoms. The van der Waals surface area contributed by atoms with Gasteiger partial charge in [0, 0.05) is 50.4 Å². The molecule has 0 saturated heterocycles. The lowest BCUT2D eigenvalue weighted by Crippen LogP contribution is -2.09. The normalized spacial score (nSPS) is 13.7. The summed E-state index contributed by atoms with van der Waals surface area (Å²) in [6, 6.07) is 45.5. The molecule has 10 aromatic rings. The molecule has 0 atom stereocenters. The molecule has 0 bridgehead atoms. The van der Waals surface area contributed by atoms with Crippen molar-refractivity contribution in [3.63, 3.8) is 0 Å². The Morgan fingerprint density at radius 2 is 0.922 bits per heavy atom. The highest BCUT2D eigenvalue weighted by molar-refractivity contribution is 6.11. The van der Waals surface area contributed by atoms with Crippen LogP contribution in [0.25, 0.3) is 71.7 Å². The molecular formula is C48H32N2O. The molecule has 51 heavy (non-hydrogen) atoms. The van der Waals surface area contributed by atoms with E-state index in [1.165, 1.54) is 4.57 Å². The van der Waals surface area contributed by atoms with Crippen molar-refractivity contribution in [3.05, 3.63) is 194 Å². The van der Waals surface area contributed by atoms with Gasteiger partial charge in [-0.1, -0.05) is 121 Å². The largest absolute Gasteiger partial charge is 0.456 e. The van der Waals surface area contributed by atoms with Gasteiger partial charge >= 0.3 is 0 Å². The summed E-state index contributed by atoms with van der Waals surface area (Å²) in [4.78, 5) is 2.18. The van der Waals surface area contributed by atoms with Gasteiger partial charge in [-0.2, -0.15) is 0 Å². The van der Waals surface area contributed by atoms with E-state index in [1.54, 1.807) is 12.1 Å². The van der Waals surface area contributed by atoms with Crippen LogP contribution in [0.1, 0.15) is 11.0 Å². The van der Waals surface area contributed by atoms with Gasteiger partial charge in [-0.3, -0.25) is 0 Å². The highest BCUT2D eigenvalue weighted by Crippen LogP contribution is 2.41. The lowest BCUT2D eigenvalue weighted by molar-refractivity contribution is 0.669. The minimum atomic E-state index is -0.477. The lowest BCUT2D eigenvalue weighted by atomic mass is 10.0. The van der Waals surface area contributed by atoms with Crippen molar-refractivity contribution in [2.24, 2.45) is 0 Å². The summed E-state index contributed by atoms with van der Waals surface area (Å²) >= 11 is 0. The Balaban J connectivity index is 1.14. The van der Waals surface area contributed by atoms with Gasteiger partial charge < -0.3 is 13.9 Å². The Kier molecular flexibility index (Phi) is 5.15. The van der Waals surface area contributed by atoms with Crippen LogP contribution < -0.4 is 4.90 Å². The molecule has 3 heteroatoms. The summed E-state index contributed by atoms with van der Waals surface area (Å²) in [6.45, 7) is 0. The first kappa shape index (κ1) is 22.0.